The third-order valence-electron chi connectivity index (χ3n) is 4.17. The fraction of sp³-hybridized carbons (Fsp3) is 0.421. The largest absolute Gasteiger partial charge is 0.508 e. The first-order chi connectivity index (χ1) is 14.4. The molecule has 8 N–H and O–H groups in total. The van der Waals surface area contributed by atoms with E-state index in [4.69, 9.17) is 10.8 Å². The Balaban J connectivity index is 2.88. The van der Waals surface area contributed by atoms with Crippen LogP contribution >= 0.6 is 0 Å². The summed E-state index contributed by atoms with van der Waals surface area (Å²) in [7, 11) is 0. The maximum Gasteiger partial charge on any atom is 0.326 e. The van der Waals surface area contributed by atoms with Gasteiger partial charge in [-0.05, 0) is 31.5 Å². The Kier molecular flexibility index (Phi) is 9.41. The van der Waals surface area contributed by atoms with Crippen LogP contribution in [-0.4, -0.2) is 69.1 Å². The average Bonchev–Trinajstić information content (AvgIpc) is 2.67. The van der Waals surface area contributed by atoms with Crippen molar-refractivity contribution in [1.29, 1.82) is 0 Å². The predicted octanol–water partition coefficient (Wildman–Crippen LogP) is -1.68. The Labute approximate surface area is 177 Å². The molecule has 1 rings (SSSR count). The van der Waals surface area contributed by atoms with Crippen LogP contribution in [-0.2, 0) is 30.4 Å². The van der Waals surface area contributed by atoms with Gasteiger partial charge in [-0.25, -0.2) is 4.79 Å². The van der Waals surface area contributed by atoms with Crippen molar-refractivity contribution < 1.29 is 39.3 Å². The molecular formula is C19H26N4O8. The zero-order chi connectivity index (χ0) is 23.7. The fourth-order valence-electron chi connectivity index (χ4n) is 2.43. The number of phenols is 1. The van der Waals surface area contributed by atoms with Crippen LogP contribution < -0.4 is 21.7 Å². The Morgan fingerprint density at radius 3 is 1.90 bits per heavy atom. The molecule has 0 aliphatic carbocycles. The van der Waals surface area contributed by atoms with Gasteiger partial charge in [0.05, 0.1) is 12.5 Å². The number of carbonyl (C=O) groups is 5. The summed E-state index contributed by atoms with van der Waals surface area (Å²) in [6.45, 7) is 2.72. The highest BCUT2D eigenvalue weighted by atomic mass is 16.4. The van der Waals surface area contributed by atoms with Gasteiger partial charge in [0.15, 0.2) is 0 Å². The van der Waals surface area contributed by atoms with Gasteiger partial charge in [-0.15, -0.1) is 0 Å². The predicted molar refractivity (Wildman–Crippen MR) is 107 cm³/mol. The minimum absolute atomic E-state index is 0.0193. The van der Waals surface area contributed by atoms with Crippen LogP contribution in [0.15, 0.2) is 24.3 Å². The zero-order valence-corrected chi connectivity index (χ0v) is 17.0. The van der Waals surface area contributed by atoms with Crippen LogP contribution in [0.2, 0.25) is 0 Å². The monoisotopic (exact) mass is 438 g/mol. The molecule has 170 valence electrons. The van der Waals surface area contributed by atoms with E-state index in [1.54, 1.807) is 0 Å². The van der Waals surface area contributed by atoms with Crippen LogP contribution in [0.1, 0.15) is 25.8 Å². The summed E-state index contributed by atoms with van der Waals surface area (Å²) in [6, 6.07) is 0.636. The topological polar surface area (TPSA) is 208 Å². The van der Waals surface area contributed by atoms with Crippen LogP contribution in [0.4, 0.5) is 0 Å². The molecule has 1 aromatic rings. The quantitative estimate of drug-likeness (QED) is 0.210. The summed E-state index contributed by atoms with van der Waals surface area (Å²) in [4.78, 5) is 59.0. The second-order valence-electron chi connectivity index (χ2n) is 6.95. The third kappa shape index (κ3) is 8.70. The number of benzene rings is 1. The maximum absolute atomic E-state index is 12.5. The molecular weight excluding hydrogens is 412 g/mol. The van der Waals surface area contributed by atoms with Crippen molar-refractivity contribution >= 4 is 29.7 Å². The number of aromatic hydroxyl groups is 1. The van der Waals surface area contributed by atoms with Crippen molar-refractivity contribution in [2.24, 2.45) is 5.73 Å². The van der Waals surface area contributed by atoms with Crippen molar-refractivity contribution in [3.63, 3.8) is 0 Å². The number of hydrogen-bond acceptors (Lipinski definition) is 7. The third-order valence-corrected chi connectivity index (χ3v) is 4.17. The molecule has 12 nitrogen and oxygen atoms in total. The smallest absolute Gasteiger partial charge is 0.326 e. The second kappa shape index (κ2) is 11.5. The minimum atomic E-state index is -1.58. The lowest BCUT2D eigenvalue weighted by Crippen LogP contribution is -2.56. The summed E-state index contributed by atoms with van der Waals surface area (Å²) >= 11 is 0. The number of aliphatic carboxylic acids is 2. The number of carbonyl (C=O) groups excluding carboxylic acids is 3. The normalized spacial score (nSPS) is 14.4. The molecule has 12 heteroatoms. The highest BCUT2D eigenvalue weighted by molar-refractivity contribution is 5.95. The first-order valence-corrected chi connectivity index (χ1v) is 9.30. The Bertz CT molecular complexity index is 825. The first kappa shape index (κ1) is 25.4. The minimum Gasteiger partial charge on any atom is -0.508 e. The van der Waals surface area contributed by atoms with Crippen LogP contribution in [0.5, 0.6) is 5.75 Å². The van der Waals surface area contributed by atoms with E-state index in [2.05, 4.69) is 16.0 Å². The second-order valence-corrected chi connectivity index (χ2v) is 6.95. The van der Waals surface area contributed by atoms with E-state index in [0.29, 0.717) is 5.56 Å². The molecule has 4 atom stereocenters. The van der Waals surface area contributed by atoms with Gasteiger partial charge in [0.2, 0.25) is 17.7 Å². The van der Waals surface area contributed by atoms with E-state index in [1.165, 1.54) is 38.1 Å². The molecule has 3 amide bonds. The lowest BCUT2D eigenvalue weighted by Gasteiger charge is -2.22. The molecule has 1 aromatic carbocycles. The van der Waals surface area contributed by atoms with E-state index < -0.39 is 60.2 Å². The van der Waals surface area contributed by atoms with Gasteiger partial charge >= 0.3 is 11.9 Å². The van der Waals surface area contributed by atoms with Crippen LogP contribution in [0, 0.1) is 0 Å². The number of nitrogens with two attached hydrogens (primary N) is 1. The average molecular weight is 438 g/mol. The number of phenolic OH excluding ortho intramolecular Hbond substituents is 1. The van der Waals surface area contributed by atoms with Crippen molar-refractivity contribution in [3.05, 3.63) is 29.8 Å². The van der Waals surface area contributed by atoms with Gasteiger partial charge in [-0.2, -0.15) is 0 Å². The highest BCUT2D eigenvalue weighted by Crippen LogP contribution is 2.11. The summed E-state index contributed by atoms with van der Waals surface area (Å²) in [5.41, 5.74) is 5.90. The van der Waals surface area contributed by atoms with Crippen molar-refractivity contribution in [3.8, 4) is 5.75 Å². The van der Waals surface area contributed by atoms with Gasteiger partial charge in [0, 0.05) is 6.42 Å². The molecule has 4 unspecified atom stereocenters. The molecule has 31 heavy (non-hydrogen) atoms. The fourth-order valence-corrected chi connectivity index (χ4v) is 2.43. The molecule has 0 aromatic heterocycles. The van der Waals surface area contributed by atoms with Gasteiger partial charge in [-0.3, -0.25) is 19.2 Å². The summed E-state index contributed by atoms with van der Waals surface area (Å²) < 4.78 is 0. The van der Waals surface area contributed by atoms with E-state index in [-0.39, 0.29) is 12.2 Å². The molecule has 0 saturated carbocycles. The number of carboxylic acids is 2. The summed E-state index contributed by atoms with van der Waals surface area (Å²) in [5.74, 6) is -5.29. The summed E-state index contributed by atoms with van der Waals surface area (Å²) in [5, 5.41) is 34.4. The van der Waals surface area contributed by atoms with Gasteiger partial charge in [0.25, 0.3) is 0 Å². The molecule has 0 aliphatic rings. The molecule has 0 heterocycles. The Hall–Kier alpha value is -3.67. The Morgan fingerprint density at radius 1 is 0.871 bits per heavy atom. The van der Waals surface area contributed by atoms with Crippen molar-refractivity contribution in [2.45, 2.75) is 50.9 Å². The van der Waals surface area contributed by atoms with E-state index in [9.17, 15) is 34.2 Å². The highest BCUT2D eigenvalue weighted by Gasteiger charge is 2.30. The molecule has 0 aliphatic heterocycles. The number of nitrogens with one attached hydrogen (secondary N) is 3. The molecule has 0 radical (unpaired) electrons. The first-order valence-electron chi connectivity index (χ1n) is 9.30. The Morgan fingerprint density at radius 2 is 1.42 bits per heavy atom. The number of hydrogen-bond donors (Lipinski definition) is 7. The van der Waals surface area contributed by atoms with Crippen LogP contribution in [0.3, 0.4) is 0 Å². The van der Waals surface area contributed by atoms with Crippen LogP contribution in [0.25, 0.3) is 0 Å². The van der Waals surface area contributed by atoms with E-state index in [1.807, 2.05) is 0 Å². The van der Waals surface area contributed by atoms with Crippen molar-refractivity contribution in [2.75, 3.05) is 0 Å². The summed E-state index contributed by atoms with van der Waals surface area (Å²) in [6.07, 6.45) is -0.951. The zero-order valence-electron chi connectivity index (χ0n) is 17.0. The molecule has 0 bridgehead atoms. The number of rotatable bonds is 11. The SMILES string of the molecule is CC(N)C(=O)NC(C)C(=O)NC(CC(=O)O)C(=O)NC(Cc1ccc(O)cc1)C(=O)O. The maximum atomic E-state index is 12.5. The molecule has 0 saturated heterocycles. The molecule has 0 fully saturated rings. The van der Waals surface area contributed by atoms with Gasteiger partial charge < -0.3 is 37.0 Å². The van der Waals surface area contributed by atoms with E-state index >= 15 is 0 Å². The molecule has 0 spiro atoms. The standard InChI is InChI=1S/C19H26N4O8/c1-9(20)16(27)21-10(2)17(28)22-13(8-15(25)26)18(29)23-14(19(30)31)7-11-3-5-12(24)6-4-11/h3-6,9-10,13-14,24H,7-8,20H2,1-2H3,(H,21,27)(H,22,28)(H,23,29)(H,25,26)(H,30,31). The van der Waals surface area contributed by atoms with E-state index in [0.717, 1.165) is 0 Å². The van der Waals surface area contributed by atoms with Crippen molar-refractivity contribution in [1.82, 2.24) is 16.0 Å². The lowest BCUT2D eigenvalue weighted by molar-refractivity contribution is -0.143. The van der Waals surface area contributed by atoms with Gasteiger partial charge in [-0.1, -0.05) is 12.1 Å². The lowest BCUT2D eigenvalue weighted by atomic mass is 10.0. The number of amides is 3. The van der Waals surface area contributed by atoms with Gasteiger partial charge in [0.1, 0.15) is 23.9 Å². The number of carboxylic acid groups (broad SMARTS) is 2.